The summed E-state index contributed by atoms with van der Waals surface area (Å²) in [6.45, 7) is 8.82. The summed E-state index contributed by atoms with van der Waals surface area (Å²) in [5.41, 5.74) is 4.14. The third-order valence-corrected chi connectivity index (χ3v) is 6.65. The predicted molar refractivity (Wildman–Crippen MR) is 111 cm³/mol. The average molecular weight is 398 g/mol. The lowest BCUT2D eigenvalue weighted by atomic mass is 9.79. The maximum atomic E-state index is 13.2. The summed E-state index contributed by atoms with van der Waals surface area (Å²) >= 11 is 0. The van der Waals surface area contributed by atoms with E-state index in [4.69, 9.17) is 9.47 Å². The van der Waals surface area contributed by atoms with Crippen molar-refractivity contribution in [2.24, 2.45) is 5.92 Å². The lowest BCUT2D eigenvalue weighted by molar-refractivity contribution is -0.142. The van der Waals surface area contributed by atoms with Gasteiger partial charge in [0, 0.05) is 6.61 Å². The van der Waals surface area contributed by atoms with Crippen LogP contribution < -0.4 is 5.32 Å². The van der Waals surface area contributed by atoms with E-state index in [1.807, 2.05) is 20.8 Å². The van der Waals surface area contributed by atoms with E-state index in [0.717, 1.165) is 55.2 Å². The zero-order valence-corrected chi connectivity index (χ0v) is 17.9. The summed E-state index contributed by atoms with van der Waals surface area (Å²) in [6.07, 6.45) is 5.11. The highest BCUT2D eigenvalue weighted by atomic mass is 16.5. The molecule has 1 aliphatic heterocycles. The monoisotopic (exact) mass is 397 g/mol. The topological polar surface area (TPSA) is 64.6 Å². The van der Waals surface area contributed by atoms with Gasteiger partial charge in [-0.2, -0.15) is 0 Å². The molecule has 0 bridgehead atoms. The van der Waals surface area contributed by atoms with E-state index in [1.54, 1.807) is 0 Å². The number of carbonyl (C=O) groups excluding carboxylic acids is 2. The van der Waals surface area contributed by atoms with Crippen molar-refractivity contribution in [1.29, 1.82) is 0 Å². The lowest BCUT2D eigenvalue weighted by Crippen LogP contribution is -2.49. The minimum absolute atomic E-state index is 0.0166. The summed E-state index contributed by atoms with van der Waals surface area (Å²) in [4.78, 5) is 25.8. The second-order valence-corrected chi connectivity index (χ2v) is 8.84. The number of nitrogens with one attached hydrogen (secondary N) is 1. The Balaban J connectivity index is 1.76. The first-order chi connectivity index (χ1) is 13.8. The summed E-state index contributed by atoms with van der Waals surface area (Å²) in [6, 6.07) is 4.15. The molecule has 4 rings (SSSR count). The average Bonchev–Trinajstić information content (AvgIpc) is 3.49. The zero-order valence-electron chi connectivity index (χ0n) is 17.9. The molecule has 156 valence electrons. The number of aryl methyl sites for hydroxylation is 3. The van der Waals surface area contributed by atoms with Crippen molar-refractivity contribution in [3.8, 4) is 0 Å². The van der Waals surface area contributed by atoms with Crippen LogP contribution in [0.15, 0.2) is 17.9 Å². The van der Waals surface area contributed by atoms with E-state index in [-0.39, 0.29) is 23.9 Å². The third kappa shape index (κ3) is 3.73. The van der Waals surface area contributed by atoms with Gasteiger partial charge in [-0.15, -0.1) is 0 Å². The molecule has 1 spiro atoms. The Bertz CT molecular complexity index is 873. The van der Waals surface area contributed by atoms with Gasteiger partial charge in [-0.1, -0.05) is 12.1 Å². The highest BCUT2D eigenvalue weighted by Crippen LogP contribution is 2.45. The summed E-state index contributed by atoms with van der Waals surface area (Å²) in [7, 11) is 0. The first-order valence-electron chi connectivity index (χ1n) is 10.8. The molecule has 0 atom stereocenters. The number of rotatable bonds is 5. The van der Waals surface area contributed by atoms with Gasteiger partial charge < -0.3 is 14.8 Å². The second-order valence-electron chi connectivity index (χ2n) is 8.84. The van der Waals surface area contributed by atoms with Gasteiger partial charge >= 0.3 is 5.97 Å². The van der Waals surface area contributed by atoms with Crippen molar-refractivity contribution in [1.82, 2.24) is 5.32 Å². The normalized spacial score (nSPS) is 26.8. The molecule has 1 amide bonds. The Morgan fingerprint density at radius 3 is 2.34 bits per heavy atom. The van der Waals surface area contributed by atoms with Crippen LogP contribution >= 0.6 is 0 Å². The fourth-order valence-corrected chi connectivity index (χ4v) is 4.64. The molecule has 2 fully saturated rings. The highest BCUT2D eigenvalue weighted by molar-refractivity contribution is 6.24. The van der Waals surface area contributed by atoms with E-state index in [9.17, 15) is 9.59 Å². The Labute approximate surface area is 172 Å². The smallest absolute Gasteiger partial charge is 0.314 e. The number of carbonyl (C=O) groups is 2. The van der Waals surface area contributed by atoms with Gasteiger partial charge in [0.15, 0.2) is 0 Å². The predicted octanol–water partition coefficient (Wildman–Crippen LogP) is 4.12. The van der Waals surface area contributed by atoms with Gasteiger partial charge in [0.05, 0.1) is 23.1 Å². The third-order valence-electron chi connectivity index (χ3n) is 6.65. The summed E-state index contributed by atoms with van der Waals surface area (Å²) < 4.78 is 11.8. The number of esters is 1. The number of hydrogen-bond acceptors (Lipinski definition) is 4. The molecule has 2 saturated carbocycles. The first kappa shape index (κ1) is 20.1. The maximum Gasteiger partial charge on any atom is 0.314 e. The molecule has 0 unspecified atom stereocenters. The molecule has 2 aliphatic carbocycles. The molecule has 29 heavy (non-hydrogen) atoms. The van der Waals surface area contributed by atoms with E-state index >= 15 is 0 Å². The molecule has 1 N–H and O–H groups in total. The van der Waals surface area contributed by atoms with Crippen LogP contribution in [0.4, 0.5) is 0 Å². The fraction of sp³-hybridized carbons (Fsp3) is 0.583. The molecule has 0 radical (unpaired) electrons. The van der Waals surface area contributed by atoms with Crippen LogP contribution in [0.1, 0.15) is 67.7 Å². The van der Waals surface area contributed by atoms with Crippen LogP contribution in [-0.4, -0.2) is 30.1 Å². The number of amides is 1. The van der Waals surface area contributed by atoms with Crippen molar-refractivity contribution in [2.45, 2.75) is 77.9 Å². The Kier molecular flexibility index (Phi) is 5.28. The fourth-order valence-electron chi connectivity index (χ4n) is 4.64. The number of benzene rings is 1. The first-order valence-corrected chi connectivity index (χ1v) is 10.8. The van der Waals surface area contributed by atoms with Crippen LogP contribution in [0.3, 0.4) is 0 Å². The van der Waals surface area contributed by atoms with Gasteiger partial charge in [0.1, 0.15) is 5.76 Å². The van der Waals surface area contributed by atoms with Crippen LogP contribution in [0.25, 0.3) is 5.57 Å². The SMILES string of the molecule is CCOC1CCC2(CC1)NC(=O)C(c1cc(C)c(C)cc1C)=C2OC(=O)C1CC1. The molecule has 0 aromatic heterocycles. The minimum Gasteiger partial charge on any atom is -0.427 e. The van der Waals surface area contributed by atoms with Crippen molar-refractivity contribution in [3.63, 3.8) is 0 Å². The van der Waals surface area contributed by atoms with E-state index < -0.39 is 5.54 Å². The molecule has 5 nitrogen and oxygen atoms in total. The van der Waals surface area contributed by atoms with Gasteiger partial charge in [0.2, 0.25) is 0 Å². The van der Waals surface area contributed by atoms with Gasteiger partial charge in [0.25, 0.3) is 5.91 Å². The number of ether oxygens (including phenoxy) is 2. The van der Waals surface area contributed by atoms with Crippen molar-refractivity contribution in [3.05, 3.63) is 40.1 Å². The lowest BCUT2D eigenvalue weighted by Gasteiger charge is -2.38. The molecule has 1 aromatic carbocycles. The highest BCUT2D eigenvalue weighted by Gasteiger charge is 2.51. The van der Waals surface area contributed by atoms with Crippen LogP contribution in [0, 0.1) is 26.7 Å². The summed E-state index contributed by atoms with van der Waals surface area (Å²) in [5, 5.41) is 3.21. The second kappa shape index (κ2) is 7.60. The maximum absolute atomic E-state index is 13.2. The van der Waals surface area contributed by atoms with Gasteiger partial charge in [-0.3, -0.25) is 9.59 Å². The van der Waals surface area contributed by atoms with Gasteiger partial charge in [-0.05, 0) is 88.5 Å². The molecule has 0 saturated heterocycles. The van der Waals surface area contributed by atoms with Crippen LogP contribution in [-0.2, 0) is 19.1 Å². The largest absolute Gasteiger partial charge is 0.427 e. The molecule has 5 heteroatoms. The molecule has 3 aliphatic rings. The summed E-state index contributed by atoms with van der Waals surface area (Å²) in [5.74, 6) is 0.199. The molecular weight excluding hydrogens is 366 g/mol. The Hall–Kier alpha value is -2.14. The van der Waals surface area contributed by atoms with E-state index in [0.29, 0.717) is 17.9 Å². The van der Waals surface area contributed by atoms with E-state index in [1.165, 1.54) is 5.56 Å². The minimum atomic E-state index is -0.601. The van der Waals surface area contributed by atoms with Crippen molar-refractivity contribution in [2.75, 3.05) is 6.61 Å². The van der Waals surface area contributed by atoms with Crippen molar-refractivity contribution < 1.29 is 19.1 Å². The quantitative estimate of drug-likeness (QED) is 0.759. The van der Waals surface area contributed by atoms with Crippen LogP contribution in [0.2, 0.25) is 0 Å². The van der Waals surface area contributed by atoms with Crippen molar-refractivity contribution >= 4 is 17.4 Å². The standard InChI is InChI=1S/C24H31NO4/c1-5-28-18-8-10-24(11-9-18)21(29-23(27)17-6-7-17)20(22(26)25-24)19-13-15(3)14(2)12-16(19)4/h12-13,17-18H,5-11H2,1-4H3,(H,25,26). The Morgan fingerprint density at radius 1 is 1.07 bits per heavy atom. The Morgan fingerprint density at radius 2 is 1.72 bits per heavy atom. The molecule has 1 aromatic rings. The van der Waals surface area contributed by atoms with Crippen LogP contribution in [0.5, 0.6) is 0 Å². The number of hydrogen-bond donors (Lipinski definition) is 1. The van der Waals surface area contributed by atoms with Gasteiger partial charge in [-0.25, -0.2) is 0 Å². The molecular formula is C24H31NO4. The molecule has 1 heterocycles. The zero-order chi connectivity index (χ0) is 20.8. The van der Waals surface area contributed by atoms with E-state index in [2.05, 4.69) is 24.4 Å².